The van der Waals surface area contributed by atoms with E-state index in [1.165, 1.54) is 48.6 Å². The van der Waals surface area contributed by atoms with Crippen LogP contribution in [0.2, 0.25) is 0 Å². The first-order valence-electron chi connectivity index (χ1n) is 19.7. The third kappa shape index (κ3) is 4.85. The third-order valence-electron chi connectivity index (χ3n) is 11.9. The van der Waals surface area contributed by atoms with Gasteiger partial charge < -0.3 is 0 Å². The van der Waals surface area contributed by atoms with Gasteiger partial charge in [-0.25, -0.2) is 15.0 Å². The SMILES string of the molecule is c1ccc(-c2cc(-c3ccc4nc(-c5ccccc5)c5ccc6c(c5c4c3)-c3ccccc3C63c4ccccc4Sc4ccccc43)nc(-c3ccccc3)n2)cc1. The van der Waals surface area contributed by atoms with Crippen molar-refractivity contribution in [1.29, 1.82) is 0 Å². The summed E-state index contributed by atoms with van der Waals surface area (Å²) in [6, 6.07) is 71.9. The highest BCUT2D eigenvalue weighted by Crippen LogP contribution is 2.63. The van der Waals surface area contributed by atoms with Gasteiger partial charge in [0.15, 0.2) is 5.82 Å². The van der Waals surface area contributed by atoms with Crippen LogP contribution in [-0.4, -0.2) is 15.0 Å². The van der Waals surface area contributed by atoms with E-state index in [-0.39, 0.29) is 0 Å². The lowest BCUT2D eigenvalue weighted by atomic mass is 9.67. The summed E-state index contributed by atoms with van der Waals surface area (Å²) in [5.41, 5.74) is 15.1. The van der Waals surface area contributed by atoms with Crippen molar-refractivity contribution >= 4 is 33.4 Å². The van der Waals surface area contributed by atoms with Crippen LogP contribution in [0.3, 0.4) is 0 Å². The molecule has 270 valence electrons. The molecule has 0 radical (unpaired) electrons. The van der Waals surface area contributed by atoms with Gasteiger partial charge in [0, 0.05) is 48.2 Å². The van der Waals surface area contributed by atoms with Crippen LogP contribution >= 0.6 is 11.8 Å². The molecule has 0 bridgehead atoms. The van der Waals surface area contributed by atoms with Crippen molar-refractivity contribution in [1.82, 2.24) is 15.0 Å². The summed E-state index contributed by atoms with van der Waals surface area (Å²) in [5.74, 6) is 0.698. The highest BCUT2D eigenvalue weighted by molar-refractivity contribution is 7.99. The van der Waals surface area contributed by atoms with E-state index in [1.807, 2.05) is 36.0 Å². The van der Waals surface area contributed by atoms with Crippen LogP contribution < -0.4 is 0 Å². The quantitative estimate of drug-likeness (QED) is 0.168. The Kier molecular flexibility index (Phi) is 7.38. The molecule has 8 aromatic carbocycles. The zero-order valence-corrected chi connectivity index (χ0v) is 32.1. The zero-order valence-electron chi connectivity index (χ0n) is 31.3. The molecule has 3 nitrogen and oxygen atoms in total. The van der Waals surface area contributed by atoms with Gasteiger partial charge in [-0.05, 0) is 63.7 Å². The van der Waals surface area contributed by atoms with E-state index < -0.39 is 5.41 Å². The average molecular weight is 756 g/mol. The fraction of sp³-hybridized carbons (Fsp3) is 0.0185. The predicted molar refractivity (Wildman–Crippen MR) is 238 cm³/mol. The predicted octanol–water partition coefficient (Wildman–Crippen LogP) is 13.7. The summed E-state index contributed by atoms with van der Waals surface area (Å²) in [6.07, 6.45) is 0. The van der Waals surface area contributed by atoms with Gasteiger partial charge in [0.25, 0.3) is 0 Å². The molecule has 0 saturated heterocycles. The van der Waals surface area contributed by atoms with Gasteiger partial charge in [0.2, 0.25) is 0 Å². The summed E-state index contributed by atoms with van der Waals surface area (Å²) < 4.78 is 0. The highest BCUT2D eigenvalue weighted by Gasteiger charge is 2.50. The summed E-state index contributed by atoms with van der Waals surface area (Å²) in [4.78, 5) is 18.4. The Morgan fingerprint density at radius 2 is 0.948 bits per heavy atom. The zero-order chi connectivity index (χ0) is 38.2. The van der Waals surface area contributed by atoms with Gasteiger partial charge in [-0.3, -0.25) is 0 Å². The first kappa shape index (κ1) is 33.0. The topological polar surface area (TPSA) is 38.7 Å². The Labute approximate surface area is 340 Å². The summed E-state index contributed by atoms with van der Waals surface area (Å²) >= 11 is 1.88. The maximum Gasteiger partial charge on any atom is 0.160 e. The molecule has 1 aliphatic carbocycles. The molecule has 0 unspecified atom stereocenters. The number of rotatable bonds is 4. The molecule has 4 heteroatoms. The van der Waals surface area contributed by atoms with E-state index >= 15 is 0 Å². The molecule has 2 aromatic heterocycles. The van der Waals surface area contributed by atoms with Crippen molar-refractivity contribution in [3.8, 4) is 56.3 Å². The molecule has 0 saturated carbocycles. The van der Waals surface area contributed by atoms with Crippen LogP contribution in [0.4, 0.5) is 0 Å². The molecule has 1 aliphatic heterocycles. The van der Waals surface area contributed by atoms with Gasteiger partial charge in [-0.1, -0.05) is 182 Å². The molecule has 0 fully saturated rings. The molecule has 0 N–H and O–H groups in total. The summed E-state index contributed by atoms with van der Waals surface area (Å²) in [7, 11) is 0. The van der Waals surface area contributed by atoms with Gasteiger partial charge in [0.05, 0.1) is 28.0 Å². The fourth-order valence-corrected chi connectivity index (χ4v) is 10.7. The second-order valence-electron chi connectivity index (χ2n) is 15.1. The average Bonchev–Trinajstić information content (AvgIpc) is 3.60. The van der Waals surface area contributed by atoms with Crippen LogP contribution in [0.25, 0.3) is 78.0 Å². The van der Waals surface area contributed by atoms with Crippen molar-refractivity contribution in [2.45, 2.75) is 15.2 Å². The van der Waals surface area contributed by atoms with E-state index in [2.05, 4.69) is 176 Å². The van der Waals surface area contributed by atoms with Crippen LogP contribution in [0.1, 0.15) is 22.3 Å². The normalized spacial score (nSPS) is 13.2. The molecule has 0 atom stereocenters. The van der Waals surface area contributed by atoms with Crippen LogP contribution in [0, 0.1) is 0 Å². The van der Waals surface area contributed by atoms with Crippen LogP contribution in [-0.2, 0) is 5.41 Å². The first-order chi connectivity index (χ1) is 28.8. The number of hydrogen-bond donors (Lipinski definition) is 0. The molecule has 2 aliphatic rings. The molecule has 1 spiro atoms. The number of benzene rings is 8. The fourth-order valence-electron chi connectivity index (χ4n) is 9.48. The summed E-state index contributed by atoms with van der Waals surface area (Å²) in [5, 5.41) is 3.44. The van der Waals surface area contributed by atoms with E-state index in [9.17, 15) is 0 Å². The summed E-state index contributed by atoms with van der Waals surface area (Å²) in [6.45, 7) is 0. The second kappa shape index (κ2) is 13.0. The Balaban J connectivity index is 1.20. The molecule has 58 heavy (non-hydrogen) atoms. The van der Waals surface area contributed by atoms with E-state index in [0.29, 0.717) is 5.82 Å². The lowest BCUT2D eigenvalue weighted by Gasteiger charge is -2.39. The van der Waals surface area contributed by atoms with Gasteiger partial charge in [-0.2, -0.15) is 0 Å². The molecular formula is C54H33N3S. The largest absolute Gasteiger partial charge is 0.247 e. The molecule has 10 aromatic rings. The van der Waals surface area contributed by atoms with Gasteiger partial charge in [0.1, 0.15) is 0 Å². The molecule has 3 heterocycles. The van der Waals surface area contributed by atoms with Crippen molar-refractivity contribution in [3.05, 3.63) is 222 Å². The third-order valence-corrected chi connectivity index (χ3v) is 13.1. The highest BCUT2D eigenvalue weighted by atomic mass is 32.2. The Morgan fingerprint density at radius 1 is 0.379 bits per heavy atom. The van der Waals surface area contributed by atoms with E-state index in [4.69, 9.17) is 15.0 Å². The van der Waals surface area contributed by atoms with Crippen molar-refractivity contribution < 1.29 is 0 Å². The lowest BCUT2D eigenvalue weighted by molar-refractivity contribution is 0.723. The monoisotopic (exact) mass is 755 g/mol. The lowest BCUT2D eigenvalue weighted by Crippen LogP contribution is -2.31. The van der Waals surface area contributed by atoms with Crippen LogP contribution in [0.15, 0.2) is 210 Å². The smallest absolute Gasteiger partial charge is 0.160 e. The number of pyridine rings is 1. The van der Waals surface area contributed by atoms with Gasteiger partial charge in [-0.15, -0.1) is 0 Å². The Hall–Kier alpha value is -7.14. The Bertz CT molecular complexity index is 3150. The maximum absolute atomic E-state index is 5.46. The van der Waals surface area contributed by atoms with Crippen molar-refractivity contribution in [2.24, 2.45) is 0 Å². The maximum atomic E-state index is 5.46. The molecular weight excluding hydrogens is 723 g/mol. The molecule has 12 rings (SSSR count). The number of aromatic nitrogens is 3. The number of hydrogen-bond acceptors (Lipinski definition) is 4. The number of fused-ring (bicyclic) bond motifs is 13. The van der Waals surface area contributed by atoms with E-state index in [1.54, 1.807) is 0 Å². The van der Waals surface area contributed by atoms with Crippen LogP contribution in [0.5, 0.6) is 0 Å². The van der Waals surface area contributed by atoms with Crippen molar-refractivity contribution in [3.63, 3.8) is 0 Å². The Morgan fingerprint density at radius 3 is 1.64 bits per heavy atom. The van der Waals surface area contributed by atoms with Gasteiger partial charge >= 0.3 is 0 Å². The van der Waals surface area contributed by atoms with E-state index in [0.717, 1.165) is 55.6 Å². The van der Waals surface area contributed by atoms with Crippen molar-refractivity contribution in [2.75, 3.05) is 0 Å². The standard InChI is InChI=1S/C54H33N3S/c1-4-16-34(17-5-1)46-33-47(57-53(56-46)36-20-8-3-9-21-36)37-28-31-45-40(32-37)50-39(52(55-45)35-18-6-2-7-19-35)29-30-44-51(50)38-22-10-11-23-41(38)54(44)42-24-12-14-26-48(42)58-49-27-15-13-25-43(49)54/h1-33H. The minimum atomic E-state index is -0.486. The first-order valence-corrected chi connectivity index (χ1v) is 20.5. The minimum Gasteiger partial charge on any atom is -0.247 e. The molecule has 0 amide bonds. The minimum absolute atomic E-state index is 0.486. The second-order valence-corrected chi connectivity index (χ2v) is 16.1. The number of nitrogens with zero attached hydrogens (tertiary/aromatic N) is 3.